The smallest absolute Gasteiger partial charge is 0.412 e. The molecule has 1 fully saturated rings. The van der Waals surface area contributed by atoms with Gasteiger partial charge in [0.25, 0.3) is 0 Å². The second kappa shape index (κ2) is 8.72. The molecule has 2 aromatic heterocycles. The Morgan fingerprint density at radius 2 is 1.93 bits per heavy atom. The molecule has 1 amide bonds. The molecule has 8 nitrogen and oxygen atoms in total. The summed E-state index contributed by atoms with van der Waals surface area (Å²) in [5.74, 6) is 1.10. The first-order valence-electron chi connectivity index (χ1n) is 9.69. The van der Waals surface area contributed by atoms with E-state index in [1.54, 1.807) is 24.5 Å². The van der Waals surface area contributed by atoms with Crippen molar-refractivity contribution in [2.75, 3.05) is 6.54 Å². The summed E-state index contributed by atoms with van der Waals surface area (Å²) in [5.41, 5.74) is 2.01. The summed E-state index contributed by atoms with van der Waals surface area (Å²) >= 11 is 0. The van der Waals surface area contributed by atoms with Gasteiger partial charge in [0, 0.05) is 30.6 Å². The molecule has 1 aliphatic carbocycles. The molecular weight excluding hydrogens is 372 g/mol. The Morgan fingerprint density at radius 1 is 1.10 bits per heavy atom. The van der Waals surface area contributed by atoms with Gasteiger partial charge in [-0.25, -0.2) is 4.79 Å². The largest absolute Gasteiger partial charge is 0.508 e. The standard InChI is InChI=1S/C21H22N4O4/c26-18-7-15(16-6-17(12-22-11-16)20-25-24-13-28-20)8-19(9-18)29-21(27)23-10-14-4-2-1-3-5-14/h6-9,11-14,26H,1-5,10H2,(H,23,27). The molecule has 3 aromatic rings. The van der Waals surface area contributed by atoms with Crippen molar-refractivity contribution in [1.82, 2.24) is 20.5 Å². The summed E-state index contributed by atoms with van der Waals surface area (Å²) in [6.45, 7) is 0.612. The van der Waals surface area contributed by atoms with E-state index in [0.29, 0.717) is 35.0 Å². The van der Waals surface area contributed by atoms with Crippen LogP contribution in [0, 0.1) is 5.92 Å². The van der Waals surface area contributed by atoms with Gasteiger partial charge in [0.05, 0.1) is 5.56 Å². The van der Waals surface area contributed by atoms with Gasteiger partial charge in [0.15, 0.2) is 0 Å². The van der Waals surface area contributed by atoms with E-state index >= 15 is 0 Å². The lowest BCUT2D eigenvalue weighted by Crippen LogP contribution is -2.32. The van der Waals surface area contributed by atoms with Crippen LogP contribution in [0.2, 0.25) is 0 Å². The van der Waals surface area contributed by atoms with Crippen LogP contribution in [0.3, 0.4) is 0 Å². The average Bonchev–Trinajstić information content (AvgIpc) is 3.28. The van der Waals surface area contributed by atoms with Crippen molar-refractivity contribution in [2.45, 2.75) is 32.1 Å². The molecule has 0 unspecified atom stereocenters. The summed E-state index contributed by atoms with van der Waals surface area (Å²) in [6.07, 6.45) is 9.95. The van der Waals surface area contributed by atoms with Crippen LogP contribution >= 0.6 is 0 Å². The number of nitrogens with zero attached hydrogens (tertiary/aromatic N) is 3. The van der Waals surface area contributed by atoms with E-state index in [2.05, 4.69) is 20.5 Å². The van der Waals surface area contributed by atoms with Crippen molar-refractivity contribution >= 4 is 6.09 Å². The topological polar surface area (TPSA) is 110 Å². The van der Waals surface area contributed by atoms with Gasteiger partial charge in [-0.1, -0.05) is 19.3 Å². The fourth-order valence-corrected chi connectivity index (χ4v) is 3.58. The fourth-order valence-electron chi connectivity index (χ4n) is 3.58. The third kappa shape index (κ3) is 4.90. The van der Waals surface area contributed by atoms with Gasteiger partial charge in [-0.15, -0.1) is 10.2 Å². The number of hydrogen-bond donors (Lipinski definition) is 2. The molecule has 8 heteroatoms. The lowest BCUT2D eigenvalue weighted by molar-refractivity contribution is 0.196. The monoisotopic (exact) mass is 394 g/mol. The highest BCUT2D eigenvalue weighted by Gasteiger charge is 2.15. The molecule has 150 valence electrons. The van der Waals surface area contributed by atoms with E-state index in [4.69, 9.17) is 9.15 Å². The molecule has 0 aliphatic heterocycles. The van der Waals surface area contributed by atoms with Gasteiger partial charge in [0.1, 0.15) is 11.5 Å². The summed E-state index contributed by atoms with van der Waals surface area (Å²) in [6, 6.07) is 6.46. The first-order valence-corrected chi connectivity index (χ1v) is 9.69. The number of rotatable bonds is 5. The number of nitrogens with one attached hydrogen (secondary N) is 1. The SMILES string of the molecule is O=C(NCC1CCCCC1)Oc1cc(O)cc(-c2cncc(-c3nnco3)c2)c1. The van der Waals surface area contributed by atoms with Crippen LogP contribution in [0.25, 0.3) is 22.6 Å². The van der Waals surface area contributed by atoms with E-state index in [1.807, 2.05) is 6.07 Å². The van der Waals surface area contributed by atoms with Crippen molar-refractivity contribution in [2.24, 2.45) is 5.92 Å². The maximum Gasteiger partial charge on any atom is 0.412 e. The molecule has 4 rings (SSSR count). The summed E-state index contributed by atoms with van der Waals surface area (Å²) in [5, 5.41) is 20.4. The number of ether oxygens (including phenoxy) is 1. The lowest BCUT2D eigenvalue weighted by atomic mass is 9.89. The van der Waals surface area contributed by atoms with Gasteiger partial charge in [0.2, 0.25) is 12.3 Å². The number of benzene rings is 1. The second-order valence-electron chi connectivity index (χ2n) is 7.20. The Morgan fingerprint density at radius 3 is 2.72 bits per heavy atom. The third-order valence-electron chi connectivity index (χ3n) is 5.04. The third-order valence-corrected chi connectivity index (χ3v) is 5.04. The predicted octanol–water partition coefficient (Wildman–Crippen LogP) is 4.17. The highest BCUT2D eigenvalue weighted by Crippen LogP contribution is 2.31. The quantitative estimate of drug-likeness (QED) is 0.668. The number of aromatic nitrogens is 3. The first-order chi connectivity index (χ1) is 14.2. The molecule has 0 saturated heterocycles. The average molecular weight is 394 g/mol. The van der Waals surface area contributed by atoms with Crippen LogP contribution in [-0.4, -0.2) is 32.9 Å². The minimum atomic E-state index is -0.523. The van der Waals surface area contributed by atoms with Gasteiger partial charge in [-0.05, 0) is 42.5 Å². The second-order valence-corrected chi connectivity index (χ2v) is 7.20. The van der Waals surface area contributed by atoms with Crippen LogP contribution in [-0.2, 0) is 0 Å². The van der Waals surface area contributed by atoms with E-state index in [0.717, 1.165) is 12.8 Å². The minimum absolute atomic E-state index is 0.0132. The van der Waals surface area contributed by atoms with Crippen molar-refractivity contribution in [3.8, 4) is 34.1 Å². The molecule has 1 aromatic carbocycles. The number of phenolic OH excluding ortho intramolecular Hbond substituents is 1. The molecule has 0 atom stereocenters. The van der Waals surface area contributed by atoms with Crippen molar-refractivity contribution < 1.29 is 19.1 Å². The van der Waals surface area contributed by atoms with Crippen LogP contribution in [0.15, 0.2) is 47.5 Å². The molecule has 2 N–H and O–H groups in total. The Kier molecular flexibility index (Phi) is 5.69. The summed E-state index contributed by atoms with van der Waals surface area (Å²) in [4.78, 5) is 16.4. The van der Waals surface area contributed by atoms with Crippen molar-refractivity contribution in [1.29, 1.82) is 0 Å². The lowest BCUT2D eigenvalue weighted by Gasteiger charge is -2.21. The Hall–Kier alpha value is -3.42. The maximum absolute atomic E-state index is 12.2. The van der Waals surface area contributed by atoms with Crippen molar-refractivity contribution in [3.63, 3.8) is 0 Å². The zero-order valence-electron chi connectivity index (χ0n) is 15.9. The van der Waals surface area contributed by atoms with E-state index in [9.17, 15) is 9.90 Å². The molecule has 1 saturated carbocycles. The normalized spacial score (nSPS) is 14.5. The zero-order chi connectivity index (χ0) is 20.1. The van der Waals surface area contributed by atoms with Crippen LogP contribution < -0.4 is 10.1 Å². The number of hydrogen-bond acceptors (Lipinski definition) is 7. The van der Waals surface area contributed by atoms with Crippen LogP contribution in [0.4, 0.5) is 4.79 Å². The number of amides is 1. The van der Waals surface area contributed by atoms with E-state index < -0.39 is 6.09 Å². The van der Waals surface area contributed by atoms with Gasteiger partial charge in [-0.2, -0.15) is 0 Å². The summed E-state index contributed by atoms with van der Waals surface area (Å²) in [7, 11) is 0. The van der Waals surface area contributed by atoms with Crippen LogP contribution in [0.1, 0.15) is 32.1 Å². The van der Waals surface area contributed by atoms with Gasteiger partial charge in [-0.3, -0.25) is 4.98 Å². The number of carbonyl (C=O) groups is 1. The molecular formula is C21H22N4O4. The predicted molar refractivity (Wildman–Crippen MR) is 105 cm³/mol. The molecule has 2 heterocycles. The number of phenols is 1. The zero-order valence-corrected chi connectivity index (χ0v) is 15.9. The van der Waals surface area contributed by atoms with Crippen LogP contribution in [0.5, 0.6) is 11.5 Å². The molecule has 0 bridgehead atoms. The summed E-state index contributed by atoms with van der Waals surface area (Å²) < 4.78 is 10.6. The van der Waals surface area contributed by atoms with E-state index in [1.165, 1.54) is 31.7 Å². The molecule has 0 radical (unpaired) electrons. The Bertz CT molecular complexity index is 969. The van der Waals surface area contributed by atoms with Gasteiger partial charge < -0.3 is 19.6 Å². The van der Waals surface area contributed by atoms with E-state index in [-0.39, 0.29) is 11.5 Å². The highest BCUT2D eigenvalue weighted by molar-refractivity contribution is 5.74. The molecule has 29 heavy (non-hydrogen) atoms. The Labute approximate surface area is 168 Å². The number of pyridine rings is 1. The van der Waals surface area contributed by atoms with Gasteiger partial charge >= 0.3 is 6.09 Å². The first kappa shape index (κ1) is 18.9. The Balaban J connectivity index is 1.46. The minimum Gasteiger partial charge on any atom is -0.508 e. The fraction of sp³-hybridized carbons (Fsp3) is 0.333. The van der Waals surface area contributed by atoms with Crippen molar-refractivity contribution in [3.05, 3.63) is 43.1 Å². The maximum atomic E-state index is 12.2. The molecule has 0 spiro atoms. The molecule has 1 aliphatic rings. The number of carbonyl (C=O) groups excluding carboxylic acids is 1. The highest BCUT2D eigenvalue weighted by atomic mass is 16.6. The number of aromatic hydroxyl groups is 1.